The molecule has 0 aliphatic carbocycles. The molecule has 0 aliphatic heterocycles. The van der Waals surface area contributed by atoms with Crippen molar-refractivity contribution in [3.05, 3.63) is 15.6 Å². The van der Waals surface area contributed by atoms with Gasteiger partial charge in [0.2, 0.25) is 0 Å². The number of aromatic nitrogens is 1. The summed E-state index contributed by atoms with van der Waals surface area (Å²) in [7, 11) is 2.87. The van der Waals surface area contributed by atoms with Crippen molar-refractivity contribution in [3.8, 4) is 0 Å². The van der Waals surface area contributed by atoms with Crippen LogP contribution < -0.4 is 0 Å². The van der Waals surface area contributed by atoms with E-state index in [-0.39, 0.29) is 17.6 Å². The van der Waals surface area contributed by atoms with Crippen LogP contribution in [0.2, 0.25) is 0 Å². The molecule has 1 atom stereocenters. The van der Waals surface area contributed by atoms with E-state index in [0.29, 0.717) is 16.3 Å². The van der Waals surface area contributed by atoms with E-state index in [9.17, 15) is 9.59 Å². The van der Waals surface area contributed by atoms with Gasteiger partial charge >= 0.3 is 5.97 Å². The van der Waals surface area contributed by atoms with Crippen molar-refractivity contribution in [1.29, 1.82) is 0 Å². The predicted octanol–water partition coefficient (Wildman–Crippen LogP) is 1.71. The molecule has 0 aromatic carbocycles. The van der Waals surface area contributed by atoms with Crippen molar-refractivity contribution < 1.29 is 19.1 Å². The molecule has 0 amide bonds. The maximum atomic E-state index is 11.4. The van der Waals surface area contributed by atoms with Gasteiger partial charge in [0.15, 0.2) is 11.5 Å². The van der Waals surface area contributed by atoms with Gasteiger partial charge < -0.3 is 9.47 Å². The molecule has 1 unspecified atom stereocenters. The highest BCUT2D eigenvalue weighted by Crippen LogP contribution is 2.21. The summed E-state index contributed by atoms with van der Waals surface area (Å²) in [6, 6.07) is 0. The molecule has 0 aliphatic rings. The van der Waals surface area contributed by atoms with E-state index in [1.54, 1.807) is 7.11 Å². The van der Waals surface area contributed by atoms with Gasteiger partial charge in [-0.25, -0.2) is 9.78 Å². The van der Waals surface area contributed by atoms with Crippen LogP contribution in [0.4, 0.5) is 0 Å². The Morgan fingerprint density at radius 2 is 2.06 bits per heavy atom. The number of carbonyl (C=O) groups excluding carboxylic acids is 2. The summed E-state index contributed by atoms with van der Waals surface area (Å²) < 4.78 is 9.71. The zero-order valence-corrected chi connectivity index (χ0v) is 11.1. The lowest BCUT2D eigenvalue weighted by Gasteiger charge is -2.05. The zero-order valence-electron chi connectivity index (χ0n) is 10.3. The van der Waals surface area contributed by atoms with Crippen LogP contribution in [0.25, 0.3) is 0 Å². The first-order chi connectivity index (χ1) is 7.99. The fourth-order valence-corrected chi connectivity index (χ4v) is 2.31. The van der Waals surface area contributed by atoms with Crippen molar-refractivity contribution in [1.82, 2.24) is 4.98 Å². The molecule has 1 aromatic heterocycles. The average molecular weight is 257 g/mol. The maximum absolute atomic E-state index is 11.4. The minimum Gasteiger partial charge on any atom is -0.464 e. The first-order valence-electron chi connectivity index (χ1n) is 5.11. The largest absolute Gasteiger partial charge is 0.464 e. The van der Waals surface area contributed by atoms with Crippen LogP contribution in [0, 0.1) is 0 Å². The molecule has 94 valence electrons. The Hall–Kier alpha value is -1.27. The number of hydrogen-bond acceptors (Lipinski definition) is 6. The Balaban J connectivity index is 3.04. The van der Waals surface area contributed by atoms with Gasteiger partial charge in [-0.05, 0) is 6.92 Å². The smallest absolute Gasteiger partial charge is 0.358 e. The minimum absolute atomic E-state index is 0.00791. The van der Waals surface area contributed by atoms with Gasteiger partial charge in [0.25, 0.3) is 0 Å². The molecule has 1 aromatic rings. The Morgan fingerprint density at radius 3 is 2.53 bits per heavy atom. The monoisotopic (exact) mass is 257 g/mol. The van der Waals surface area contributed by atoms with E-state index >= 15 is 0 Å². The summed E-state index contributed by atoms with van der Waals surface area (Å²) in [5, 5.41) is 0.699. The van der Waals surface area contributed by atoms with Gasteiger partial charge in [-0.1, -0.05) is 0 Å². The number of ketones is 1. The van der Waals surface area contributed by atoms with Crippen LogP contribution in [-0.2, 0) is 15.9 Å². The third-order valence-electron chi connectivity index (χ3n) is 2.23. The second kappa shape index (κ2) is 5.88. The van der Waals surface area contributed by atoms with Gasteiger partial charge in [0, 0.05) is 20.5 Å². The summed E-state index contributed by atoms with van der Waals surface area (Å²) in [4.78, 5) is 27.3. The first kappa shape index (κ1) is 13.8. The Bertz CT molecular complexity index is 427. The lowest BCUT2D eigenvalue weighted by atomic mass is 10.3. The van der Waals surface area contributed by atoms with Gasteiger partial charge in [-0.3, -0.25) is 4.79 Å². The molecular weight excluding hydrogens is 242 g/mol. The van der Waals surface area contributed by atoms with Crippen molar-refractivity contribution in [2.24, 2.45) is 0 Å². The van der Waals surface area contributed by atoms with Crippen LogP contribution in [0.15, 0.2) is 0 Å². The molecule has 0 saturated heterocycles. The lowest BCUT2D eigenvalue weighted by Crippen LogP contribution is -2.09. The fourth-order valence-electron chi connectivity index (χ4n) is 1.25. The summed E-state index contributed by atoms with van der Waals surface area (Å²) in [5.74, 6) is -0.762. The number of esters is 1. The number of methoxy groups -OCH3 is 2. The number of Topliss-reactive ketones (excluding diaryl/α,β-unsaturated/α-hetero) is 1. The summed E-state index contributed by atoms with van der Waals surface area (Å²) in [5.41, 5.74) is 0.100. The first-order valence-corrected chi connectivity index (χ1v) is 5.93. The van der Waals surface area contributed by atoms with Crippen molar-refractivity contribution in [3.63, 3.8) is 0 Å². The van der Waals surface area contributed by atoms with Crippen LogP contribution in [0.3, 0.4) is 0 Å². The van der Waals surface area contributed by atoms with Crippen LogP contribution in [-0.4, -0.2) is 37.1 Å². The highest BCUT2D eigenvalue weighted by molar-refractivity contribution is 7.14. The molecular formula is C11H15NO4S. The van der Waals surface area contributed by atoms with E-state index in [0.717, 1.165) is 0 Å². The van der Waals surface area contributed by atoms with Crippen LogP contribution >= 0.6 is 11.3 Å². The number of hydrogen-bond donors (Lipinski definition) is 0. The molecule has 0 N–H and O–H groups in total. The Labute approximate surface area is 104 Å². The summed E-state index contributed by atoms with van der Waals surface area (Å²) in [6.07, 6.45) is 0.560. The minimum atomic E-state index is -0.581. The summed E-state index contributed by atoms with van der Waals surface area (Å²) in [6.45, 7) is 3.30. The standard InChI is InChI=1S/C11H15NO4S/c1-6(15-3)5-8-12-9(11(14)16-4)10(17-8)7(2)13/h6H,5H2,1-4H3. The molecule has 0 saturated carbocycles. The highest BCUT2D eigenvalue weighted by Gasteiger charge is 2.22. The number of ether oxygens (including phenoxy) is 2. The third kappa shape index (κ3) is 3.34. The molecule has 0 bridgehead atoms. The van der Waals surface area contributed by atoms with E-state index < -0.39 is 5.97 Å². The SMILES string of the molecule is COC(=O)c1nc(CC(C)OC)sc1C(C)=O. The van der Waals surface area contributed by atoms with E-state index in [2.05, 4.69) is 9.72 Å². The number of thiazole rings is 1. The molecule has 0 spiro atoms. The topological polar surface area (TPSA) is 65.5 Å². The molecule has 17 heavy (non-hydrogen) atoms. The van der Waals surface area contributed by atoms with Gasteiger partial charge in [0.1, 0.15) is 4.88 Å². The average Bonchev–Trinajstić information content (AvgIpc) is 2.71. The molecule has 6 heteroatoms. The number of carbonyl (C=O) groups is 2. The predicted molar refractivity (Wildman–Crippen MR) is 63.6 cm³/mol. The molecule has 1 rings (SSSR count). The zero-order chi connectivity index (χ0) is 13.0. The fraction of sp³-hybridized carbons (Fsp3) is 0.545. The van der Waals surface area contributed by atoms with Crippen LogP contribution in [0.1, 0.15) is 39.0 Å². The normalized spacial score (nSPS) is 12.2. The van der Waals surface area contributed by atoms with Crippen molar-refractivity contribution in [2.75, 3.05) is 14.2 Å². The lowest BCUT2D eigenvalue weighted by molar-refractivity contribution is 0.0591. The van der Waals surface area contributed by atoms with E-state index in [1.165, 1.54) is 25.4 Å². The Kier molecular flexibility index (Phi) is 4.77. The molecule has 0 fully saturated rings. The third-order valence-corrected chi connectivity index (χ3v) is 3.41. The molecule has 5 nitrogen and oxygen atoms in total. The van der Waals surface area contributed by atoms with Crippen LogP contribution in [0.5, 0.6) is 0 Å². The second-order valence-corrected chi connectivity index (χ2v) is 4.67. The van der Waals surface area contributed by atoms with Gasteiger partial charge in [-0.15, -0.1) is 11.3 Å². The summed E-state index contributed by atoms with van der Waals surface area (Å²) >= 11 is 1.21. The van der Waals surface area contributed by atoms with Crippen molar-refractivity contribution in [2.45, 2.75) is 26.4 Å². The maximum Gasteiger partial charge on any atom is 0.358 e. The molecule has 1 heterocycles. The second-order valence-electron chi connectivity index (χ2n) is 3.58. The number of rotatable bonds is 5. The number of nitrogens with zero attached hydrogens (tertiary/aromatic N) is 1. The Morgan fingerprint density at radius 1 is 1.41 bits per heavy atom. The van der Waals surface area contributed by atoms with Crippen molar-refractivity contribution >= 4 is 23.1 Å². The van der Waals surface area contributed by atoms with Gasteiger partial charge in [-0.2, -0.15) is 0 Å². The van der Waals surface area contributed by atoms with Gasteiger partial charge in [0.05, 0.1) is 18.2 Å². The molecule has 0 radical (unpaired) electrons. The van der Waals surface area contributed by atoms with E-state index in [1.807, 2.05) is 6.92 Å². The quantitative estimate of drug-likeness (QED) is 0.593. The van der Waals surface area contributed by atoms with E-state index in [4.69, 9.17) is 4.74 Å². The highest BCUT2D eigenvalue weighted by atomic mass is 32.1.